The Morgan fingerprint density at radius 3 is 2.56 bits per heavy atom. The normalized spacial score (nSPS) is 11.1. The summed E-state index contributed by atoms with van der Waals surface area (Å²) in [4.78, 5) is 21.5. The van der Waals surface area contributed by atoms with Gasteiger partial charge in [-0.3, -0.25) is 14.9 Å². The molecule has 0 aromatic heterocycles. The van der Waals surface area contributed by atoms with Crippen LogP contribution in [0.2, 0.25) is 0 Å². The number of carbonyl (C=O) groups is 1. The summed E-state index contributed by atoms with van der Waals surface area (Å²) in [5.41, 5.74) is 0.752. The molecule has 0 spiro atoms. The Kier molecular flexibility index (Phi) is 5.57. The lowest BCUT2D eigenvalue weighted by Crippen LogP contribution is -2.07. The molecule has 0 fully saturated rings. The van der Waals surface area contributed by atoms with E-state index in [0.29, 0.717) is 0 Å². The number of rotatable bonds is 6. The molecule has 0 aliphatic rings. The highest BCUT2D eigenvalue weighted by molar-refractivity contribution is 5.69. The predicted octanol–water partition coefficient (Wildman–Crippen LogP) is 2.65. The first-order valence-electron chi connectivity index (χ1n) is 5.69. The maximum atomic E-state index is 11.2. The molecule has 5 heteroatoms. The molecular weight excluding hydrogens is 234 g/mol. The van der Waals surface area contributed by atoms with E-state index in [2.05, 4.69) is 0 Å². The number of hydrogen-bond donors (Lipinski definition) is 0. The monoisotopic (exact) mass is 249 g/mol. The Bertz CT molecular complexity index is 440. The Hall–Kier alpha value is -2.17. The van der Waals surface area contributed by atoms with Crippen molar-refractivity contribution in [2.45, 2.75) is 19.8 Å². The number of ether oxygens (including phenoxy) is 1. The summed E-state index contributed by atoms with van der Waals surface area (Å²) in [6.07, 6.45) is 1.56. The van der Waals surface area contributed by atoms with Crippen LogP contribution in [0.3, 0.4) is 0 Å². The molecular formula is C13H15NO4. The van der Waals surface area contributed by atoms with E-state index >= 15 is 0 Å². The van der Waals surface area contributed by atoms with Gasteiger partial charge >= 0.3 is 5.97 Å². The van der Waals surface area contributed by atoms with Gasteiger partial charge in [-0.25, -0.2) is 0 Å². The molecule has 0 radical (unpaired) electrons. The van der Waals surface area contributed by atoms with Crippen LogP contribution >= 0.6 is 0 Å². The van der Waals surface area contributed by atoms with Crippen molar-refractivity contribution in [3.8, 4) is 0 Å². The second-order valence-corrected chi connectivity index (χ2v) is 3.61. The van der Waals surface area contributed by atoms with Gasteiger partial charge in [-0.05, 0) is 12.5 Å². The van der Waals surface area contributed by atoms with Gasteiger partial charge in [0, 0.05) is 12.5 Å². The summed E-state index contributed by atoms with van der Waals surface area (Å²) >= 11 is 0. The highest BCUT2D eigenvalue weighted by Crippen LogP contribution is 2.12. The maximum absolute atomic E-state index is 11.2. The van der Waals surface area contributed by atoms with Gasteiger partial charge in [0.15, 0.2) is 0 Å². The number of nitro groups is 1. The fraction of sp³-hybridized carbons (Fsp3) is 0.308. The molecule has 96 valence electrons. The van der Waals surface area contributed by atoms with Crippen LogP contribution in [0.4, 0.5) is 0 Å². The molecule has 0 aliphatic heterocycles. The van der Waals surface area contributed by atoms with E-state index in [1.54, 1.807) is 31.2 Å². The zero-order valence-electron chi connectivity index (χ0n) is 10.2. The summed E-state index contributed by atoms with van der Waals surface area (Å²) in [6.45, 7) is 1.99. The van der Waals surface area contributed by atoms with Gasteiger partial charge < -0.3 is 4.74 Å². The van der Waals surface area contributed by atoms with Crippen LogP contribution in [-0.2, 0) is 9.53 Å². The molecule has 0 saturated heterocycles. The first-order valence-corrected chi connectivity index (χ1v) is 5.69. The second kappa shape index (κ2) is 7.21. The maximum Gasteiger partial charge on any atom is 0.306 e. The highest BCUT2D eigenvalue weighted by Gasteiger charge is 2.13. The summed E-state index contributed by atoms with van der Waals surface area (Å²) in [5, 5.41) is 10.9. The fourth-order valence-electron chi connectivity index (χ4n) is 1.42. The van der Waals surface area contributed by atoms with E-state index in [1.165, 1.54) is 6.08 Å². The number of carbonyl (C=O) groups excluding carboxylic acids is 1. The molecule has 1 rings (SSSR count). The molecule has 1 aromatic rings. The molecule has 0 bridgehead atoms. The number of esters is 1. The predicted molar refractivity (Wildman–Crippen MR) is 67.3 cm³/mol. The number of nitrogens with zero attached hydrogens (tertiary/aromatic N) is 1. The summed E-state index contributed by atoms with van der Waals surface area (Å²) in [7, 11) is 0. The zero-order chi connectivity index (χ0) is 13.4. The van der Waals surface area contributed by atoms with Gasteiger partial charge in [0.2, 0.25) is 5.70 Å². The largest absolute Gasteiger partial charge is 0.466 e. The molecule has 0 saturated carbocycles. The molecule has 0 atom stereocenters. The molecule has 0 heterocycles. The third kappa shape index (κ3) is 4.78. The average molecular weight is 249 g/mol. The van der Waals surface area contributed by atoms with E-state index in [0.717, 1.165) is 5.56 Å². The lowest BCUT2D eigenvalue weighted by atomic mass is 10.1. The van der Waals surface area contributed by atoms with Crippen molar-refractivity contribution < 1.29 is 14.5 Å². The fourth-order valence-corrected chi connectivity index (χ4v) is 1.42. The van der Waals surface area contributed by atoms with E-state index in [1.807, 2.05) is 6.07 Å². The number of benzene rings is 1. The number of allylic oxidation sites excluding steroid dienone is 1. The first-order chi connectivity index (χ1) is 8.63. The van der Waals surface area contributed by atoms with Crippen molar-refractivity contribution in [1.29, 1.82) is 0 Å². The molecule has 5 nitrogen and oxygen atoms in total. The standard InChI is InChI=1S/C13H15NO4/c1-2-18-13(15)9-8-12(14(16)17)10-11-6-4-3-5-7-11/h3-7,10H,2,8-9H2,1H3. The van der Waals surface area contributed by atoms with Gasteiger partial charge in [0.25, 0.3) is 0 Å². The van der Waals surface area contributed by atoms with Crippen molar-refractivity contribution in [1.82, 2.24) is 0 Å². The van der Waals surface area contributed by atoms with Crippen molar-refractivity contribution in [2.24, 2.45) is 0 Å². The zero-order valence-corrected chi connectivity index (χ0v) is 10.2. The van der Waals surface area contributed by atoms with Gasteiger partial charge in [-0.1, -0.05) is 30.3 Å². The Balaban J connectivity index is 2.69. The molecule has 0 amide bonds. The van der Waals surface area contributed by atoms with Crippen LogP contribution in [0.25, 0.3) is 6.08 Å². The minimum Gasteiger partial charge on any atom is -0.466 e. The minimum absolute atomic E-state index is 0.00857. The van der Waals surface area contributed by atoms with Crippen LogP contribution in [0.1, 0.15) is 25.3 Å². The summed E-state index contributed by atoms with van der Waals surface area (Å²) in [5.74, 6) is -0.418. The van der Waals surface area contributed by atoms with Gasteiger partial charge in [-0.2, -0.15) is 0 Å². The van der Waals surface area contributed by atoms with E-state index in [9.17, 15) is 14.9 Å². The third-order valence-corrected chi connectivity index (χ3v) is 2.26. The Morgan fingerprint density at radius 2 is 2.00 bits per heavy atom. The lowest BCUT2D eigenvalue weighted by molar-refractivity contribution is -0.426. The summed E-state index contributed by atoms with van der Waals surface area (Å²) in [6, 6.07) is 8.98. The van der Waals surface area contributed by atoms with Crippen molar-refractivity contribution in [3.63, 3.8) is 0 Å². The van der Waals surface area contributed by atoms with E-state index in [-0.39, 0.29) is 25.1 Å². The van der Waals surface area contributed by atoms with Crippen LogP contribution in [0, 0.1) is 10.1 Å². The Labute approximate surface area is 105 Å². The van der Waals surface area contributed by atoms with Crippen molar-refractivity contribution in [3.05, 3.63) is 51.7 Å². The van der Waals surface area contributed by atoms with E-state index in [4.69, 9.17) is 4.74 Å². The van der Waals surface area contributed by atoms with E-state index < -0.39 is 10.9 Å². The van der Waals surface area contributed by atoms with Gasteiger partial charge in [0.05, 0.1) is 18.0 Å². The molecule has 18 heavy (non-hydrogen) atoms. The van der Waals surface area contributed by atoms with Crippen LogP contribution in [-0.4, -0.2) is 17.5 Å². The van der Waals surface area contributed by atoms with Gasteiger partial charge in [-0.15, -0.1) is 0 Å². The second-order valence-electron chi connectivity index (χ2n) is 3.61. The van der Waals surface area contributed by atoms with Crippen LogP contribution in [0.5, 0.6) is 0 Å². The van der Waals surface area contributed by atoms with Crippen LogP contribution in [0.15, 0.2) is 36.0 Å². The third-order valence-electron chi connectivity index (χ3n) is 2.26. The lowest BCUT2D eigenvalue weighted by Gasteiger charge is -2.01. The van der Waals surface area contributed by atoms with Crippen LogP contribution < -0.4 is 0 Å². The Morgan fingerprint density at radius 1 is 1.33 bits per heavy atom. The topological polar surface area (TPSA) is 69.4 Å². The van der Waals surface area contributed by atoms with Crippen molar-refractivity contribution >= 4 is 12.0 Å². The molecule has 1 aromatic carbocycles. The first kappa shape index (κ1) is 13.9. The average Bonchev–Trinajstić information content (AvgIpc) is 2.35. The molecule has 0 unspecified atom stereocenters. The molecule has 0 aliphatic carbocycles. The number of hydrogen-bond acceptors (Lipinski definition) is 4. The minimum atomic E-state index is -0.466. The summed E-state index contributed by atoms with van der Waals surface area (Å²) < 4.78 is 4.73. The highest BCUT2D eigenvalue weighted by atomic mass is 16.6. The van der Waals surface area contributed by atoms with Gasteiger partial charge in [0.1, 0.15) is 0 Å². The molecule has 0 N–H and O–H groups in total. The SMILES string of the molecule is CCOC(=O)CCC(=Cc1ccccc1)[N+](=O)[O-]. The van der Waals surface area contributed by atoms with Crippen molar-refractivity contribution in [2.75, 3.05) is 6.61 Å². The smallest absolute Gasteiger partial charge is 0.306 e. The quantitative estimate of drug-likeness (QED) is 0.441.